The van der Waals surface area contributed by atoms with Crippen LogP contribution in [0.3, 0.4) is 0 Å². The summed E-state index contributed by atoms with van der Waals surface area (Å²) < 4.78 is 19.3. The van der Waals surface area contributed by atoms with Crippen molar-refractivity contribution in [3.8, 4) is 0 Å². The highest BCUT2D eigenvalue weighted by Crippen LogP contribution is 2.34. The minimum Gasteiger partial charge on any atom is -0.373 e. The highest BCUT2D eigenvalue weighted by Gasteiger charge is 2.41. The molecule has 2 fully saturated rings. The minimum absolute atomic E-state index is 0.0381. The molecule has 0 unspecified atom stereocenters. The molecular formula is C14H16FNO2. The zero-order valence-corrected chi connectivity index (χ0v) is 10.3. The largest absolute Gasteiger partial charge is 0.373 e. The van der Waals surface area contributed by atoms with Crippen LogP contribution in [-0.2, 0) is 4.74 Å². The fourth-order valence-corrected chi connectivity index (χ4v) is 2.85. The van der Waals surface area contributed by atoms with E-state index < -0.39 is 5.82 Å². The maximum atomic E-state index is 13.6. The number of hydrogen-bond acceptors (Lipinski definition) is 2. The number of rotatable bonds is 2. The summed E-state index contributed by atoms with van der Waals surface area (Å²) in [6.07, 6.45) is 3.32. The second-order valence-electron chi connectivity index (χ2n) is 5.17. The van der Waals surface area contributed by atoms with E-state index in [1.54, 1.807) is 12.1 Å². The summed E-state index contributed by atoms with van der Waals surface area (Å²) in [6, 6.07) is 4.61. The Balaban J connectivity index is 1.73. The van der Waals surface area contributed by atoms with Gasteiger partial charge in [0.1, 0.15) is 5.82 Å². The van der Waals surface area contributed by atoms with E-state index in [9.17, 15) is 9.18 Å². The first-order chi connectivity index (χ1) is 8.63. The zero-order chi connectivity index (χ0) is 12.7. The Morgan fingerprint density at radius 1 is 1.44 bits per heavy atom. The second kappa shape index (κ2) is 4.35. The van der Waals surface area contributed by atoms with Crippen LogP contribution in [0.5, 0.6) is 0 Å². The van der Waals surface area contributed by atoms with Crippen molar-refractivity contribution < 1.29 is 13.9 Å². The van der Waals surface area contributed by atoms with Crippen LogP contribution in [0.1, 0.15) is 35.2 Å². The van der Waals surface area contributed by atoms with Crippen LogP contribution in [-0.4, -0.2) is 24.2 Å². The van der Waals surface area contributed by atoms with Crippen molar-refractivity contribution in [2.24, 2.45) is 0 Å². The predicted molar refractivity (Wildman–Crippen MR) is 64.9 cm³/mol. The van der Waals surface area contributed by atoms with E-state index in [1.807, 2.05) is 6.92 Å². The maximum absolute atomic E-state index is 13.6. The van der Waals surface area contributed by atoms with Crippen molar-refractivity contribution in [3.05, 3.63) is 35.1 Å². The maximum Gasteiger partial charge on any atom is 0.254 e. The summed E-state index contributed by atoms with van der Waals surface area (Å²) in [5, 5.41) is 2.89. The zero-order valence-electron chi connectivity index (χ0n) is 10.3. The molecule has 0 radical (unpaired) electrons. The third kappa shape index (κ3) is 2.01. The molecule has 0 aliphatic carbocycles. The van der Waals surface area contributed by atoms with Crippen molar-refractivity contribution in [3.63, 3.8) is 0 Å². The number of halogens is 1. The molecule has 2 heterocycles. The summed E-state index contributed by atoms with van der Waals surface area (Å²) in [5.74, 6) is -0.806. The van der Waals surface area contributed by atoms with Gasteiger partial charge in [-0.3, -0.25) is 4.79 Å². The average Bonchev–Trinajstić information content (AvgIpc) is 2.94. The van der Waals surface area contributed by atoms with E-state index in [2.05, 4.69) is 5.32 Å². The summed E-state index contributed by atoms with van der Waals surface area (Å²) in [7, 11) is 0. The molecule has 2 aliphatic heterocycles. The SMILES string of the molecule is Cc1ccc(F)c(C(=O)N[C@@H]2C[C@H]3CC[C@@H]2O3)c1. The summed E-state index contributed by atoms with van der Waals surface area (Å²) >= 11 is 0. The molecule has 2 bridgehead atoms. The molecule has 4 heteroatoms. The van der Waals surface area contributed by atoms with E-state index in [0.717, 1.165) is 24.8 Å². The number of aryl methyl sites for hydroxylation is 1. The van der Waals surface area contributed by atoms with Gasteiger partial charge in [0.25, 0.3) is 5.91 Å². The first-order valence-electron chi connectivity index (χ1n) is 6.36. The molecule has 3 rings (SSSR count). The highest BCUT2D eigenvalue weighted by molar-refractivity contribution is 5.94. The molecule has 2 aliphatic rings. The van der Waals surface area contributed by atoms with E-state index in [-0.39, 0.29) is 29.7 Å². The van der Waals surface area contributed by atoms with Crippen molar-refractivity contribution in [2.75, 3.05) is 0 Å². The topological polar surface area (TPSA) is 38.3 Å². The molecule has 1 N–H and O–H groups in total. The standard InChI is InChI=1S/C14H16FNO2/c1-8-2-4-11(15)10(6-8)14(17)16-12-7-9-3-5-13(12)18-9/h2,4,6,9,12-13H,3,5,7H2,1H3,(H,16,17)/t9-,12-,13+/m1/s1. The third-order valence-corrected chi connectivity index (χ3v) is 3.79. The number of nitrogens with one attached hydrogen (secondary N) is 1. The first kappa shape index (κ1) is 11.7. The Hall–Kier alpha value is -1.42. The molecule has 1 aromatic rings. The number of hydrogen-bond donors (Lipinski definition) is 1. The van der Waals surface area contributed by atoms with Crippen LogP contribution in [0.2, 0.25) is 0 Å². The van der Waals surface area contributed by atoms with Gasteiger partial charge in [-0.2, -0.15) is 0 Å². The molecule has 18 heavy (non-hydrogen) atoms. The number of fused-ring (bicyclic) bond motifs is 2. The normalized spacial score (nSPS) is 29.6. The van der Waals surface area contributed by atoms with Crippen molar-refractivity contribution in [1.29, 1.82) is 0 Å². The second-order valence-corrected chi connectivity index (χ2v) is 5.17. The molecule has 2 saturated heterocycles. The Labute approximate surface area is 105 Å². The van der Waals surface area contributed by atoms with Gasteiger partial charge >= 0.3 is 0 Å². The van der Waals surface area contributed by atoms with Crippen molar-refractivity contribution >= 4 is 5.91 Å². The van der Waals surface area contributed by atoms with Crippen molar-refractivity contribution in [1.82, 2.24) is 5.32 Å². The average molecular weight is 249 g/mol. The van der Waals surface area contributed by atoms with Gasteiger partial charge in [0.05, 0.1) is 23.8 Å². The fourth-order valence-electron chi connectivity index (χ4n) is 2.85. The smallest absolute Gasteiger partial charge is 0.254 e. The van der Waals surface area contributed by atoms with Crippen LogP contribution in [0, 0.1) is 12.7 Å². The minimum atomic E-state index is -0.470. The van der Waals surface area contributed by atoms with Gasteiger partial charge in [0.2, 0.25) is 0 Å². The van der Waals surface area contributed by atoms with Gasteiger partial charge in [0.15, 0.2) is 0 Å². The molecule has 1 aromatic carbocycles. The highest BCUT2D eigenvalue weighted by atomic mass is 19.1. The number of carbonyl (C=O) groups excluding carboxylic acids is 1. The quantitative estimate of drug-likeness (QED) is 0.872. The summed E-state index contributed by atoms with van der Waals surface area (Å²) in [5.41, 5.74) is 1.00. The lowest BCUT2D eigenvalue weighted by atomic mass is 9.95. The number of amides is 1. The Bertz CT molecular complexity index is 489. The van der Waals surface area contributed by atoms with Gasteiger partial charge in [-0.25, -0.2) is 4.39 Å². The molecule has 3 nitrogen and oxygen atoms in total. The van der Waals surface area contributed by atoms with Crippen LogP contribution in [0.25, 0.3) is 0 Å². The molecular weight excluding hydrogens is 233 g/mol. The number of benzene rings is 1. The van der Waals surface area contributed by atoms with Crippen LogP contribution < -0.4 is 5.32 Å². The van der Waals surface area contributed by atoms with Gasteiger partial charge < -0.3 is 10.1 Å². The van der Waals surface area contributed by atoms with Crippen LogP contribution in [0.15, 0.2) is 18.2 Å². The fraction of sp³-hybridized carbons (Fsp3) is 0.500. The lowest BCUT2D eigenvalue weighted by Gasteiger charge is -2.20. The van der Waals surface area contributed by atoms with Gasteiger partial charge in [-0.05, 0) is 38.3 Å². The molecule has 96 valence electrons. The van der Waals surface area contributed by atoms with Crippen LogP contribution in [0.4, 0.5) is 4.39 Å². The summed E-state index contributed by atoms with van der Waals surface area (Å²) in [4.78, 5) is 12.0. The molecule has 0 spiro atoms. The Morgan fingerprint density at radius 2 is 2.28 bits per heavy atom. The molecule has 1 amide bonds. The van der Waals surface area contributed by atoms with Crippen LogP contribution >= 0.6 is 0 Å². The molecule has 0 saturated carbocycles. The van der Waals surface area contributed by atoms with Gasteiger partial charge in [-0.1, -0.05) is 11.6 Å². The molecule has 0 aromatic heterocycles. The number of ether oxygens (including phenoxy) is 1. The van der Waals surface area contributed by atoms with Crippen molar-refractivity contribution in [2.45, 2.75) is 44.4 Å². The van der Waals surface area contributed by atoms with Gasteiger partial charge in [-0.15, -0.1) is 0 Å². The van der Waals surface area contributed by atoms with E-state index in [0.29, 0.717) is 0 Å². The van der Waals surface area contributed by atoms with Gasteiger partial charge in [0, 0.05) is 0 Å². The Morgan fingerprint density at radius 3 is 2.94 bits per heavy atom. The monoisotopic (exact) mass is 249 g/mol. The van der Waals surface area contributed by atoms with E-state index in [4.69, 9.17) is 4.74 Å². The lowest BCUT2D eigenvalue weighted by molar-refractivity contribution is 0.0838. The van der Waals surface area contributed by atoms with E-state index >= 15 is 0 Å². The number of carbonyl (C=O) groups is 1. The lowest BCUT2D eigenvalue weighted by Crippen LogP contribution is -2.41. The first-order valence-corrected chi connectivity index (χ1v) is 6.36. The Kier molecular flexibility index (Phi) is 2.82. The van der Waals surface area contributed by atoms with E-state index in [1.165, 1.54) is 6.07 Å². The predicted octanol–water partition coefficient (Wildman–Crippen LogP) is 2.18. The third-order valence-electron chi connectivity index (χ3n) is 3.79. The summed E-state index contributed by atoms with van der Waals surface area (Å²) in [6.45, 7) is 1.84. The molecule has 3 atom stereocenters.